The van der Waals surface area contributed by atoms with E-state index >= 15 is 0 Å². The van der Waals surface area contributed by atoms with Crippen LogP contribution in [0, 0.1) is 0 Å². The molecule has 1 aromatic rings. The number of amides is 2. The monoisotopic (exact) mass is 290 g/mol. The molecular formula is C15H22N4O2. The molecule has 0 bridgehead atoms. The number of hydrogen-bond donors (Lipinski definition) is 1. The number of carbonyl (C=O) groups excluding carboxylic acids is 2. The Labute approximate surface area is 125 Å². The Morgan fingerprint density at radius 3 is 2.67 bits per heavy atom. The number of piperidine rings is 1. The molecule has 114 valence electrons. The van der Waals surface area contributed by atoms with Crippen molar-refractivity contribution >= 4 is 17.6 Å². The van der Waals surface area contributed by atoms with Crippen LogP contribution in [-0.4, -0.2) is 59.8 Å². The molecule has 1 fully saturated rings. The predicted octanol–water partition coefficient (Wildman–Crippen LogP) is 1.21. The fourth-order valence-electron chi connectivity index (χ4n) is 2.56. The van der Waals surface area contributed by atoms with E-state index in [9.17, 15) is 9.59 Å². The largest absolute Gasteiger partial charge is 0.339 e. The maximum Gasteiger partial charge on any atom is 0.254 e. The molecule has 21 heavy (non-hydrogen) atoms. The van der Waals surface area contributed by atoms with Gasteiger partial charge in [0, 0.05) is 31.8 Å². The minimum Gasteiger partial charge on any atom is -0.339 e. The van der Waals surface area contributed by atoms with Gasteiger partial charge in [-0.3, -0.25) is 9.59 Å². The number of carbonyl (C=O) groups is 2. The van der Waals surface area contributed by atoms with Crippen LogP contribution in [0.2, 0.25) is 0 Å². The highest BCUT2D eigenvalue weighted by molar-refractivity contribution is 5.96. The lowest BCUT2D eigenvalue weighted by molar-refractivity contribution is -0.114. The van der Waals surface area contributed by atoms with E-state index in [4.69, 9.17) is 0 Å². The van der Waals surface area contributed by atoms with Gasteiger partial charge in [-0.05, 0) is 45.1 Å². The van der Waals surface area contributed by atoms with E-state index in [1.807, 2.05) is 7.05 Å². The maximum absolute atomic E-state index is 12.5. The lowest BCUT2D eigenvalue weighted by atomic mass is 10.0. The lowest BCUT2D eigenvalue weighted by Gasteiger charge is -2.35. The van der Waals surface area contributed by atoms with E-state index in [-0.39, 0.29) is 17.9 Å². The number of pyridine rings is 1. The van der Waals surface area contributed by atoms with E-state index in [2.05, 4.69) is 22.2 Å². The molecule has 0 spiro atoms. The average Bonchev–Trinajstić information content (AvgIpc) is 2.46. The van der Waals surface area contributed by atoms with Crippen molar-refractivity contribution in [3.63, 3.8) is 0 Å². The summed E-state index contributed by atoms with van der Waals surface area (Å²) in [6.45, 7) is 3.44. The van der Waals surface area contributed by atoms with Crippen molar-refractivity contribution in [1.29, 1.82) is 0 Å². The van der Waals surface area contributed by atoms with Crippen LogP contribution in [0.4, 0.5) is 5.82 Å². The highest BCUT2D eigenvalue weighted by atomic mass is 16.2. The summed E-state index contributed by atoms with van der Waals surface area (Å²) in [6, 6.07) is 3.57. The molecule has 0 unspecified atom stereocenters. The van der Waals surface area contributed by atoms with Crippen LogP contribution in [0.3, 0.4) is 0 Å². The van der Waals surface area contributed by atoms with E-state index in [1.54, 1.807) is 23.2 Å². The Bertz CT molecular complexity index is 524. The molecule has 1 aliphatic rings. The smallest absolute Gasteiger partial charge is 0.254 e. The summed E-state index contributed by atoms with van der Waals surface area (Å²) in [5, 5.41) is 2.60. The van der Waals surface area contributed by atoms with Gasteiger partial charge in [0.15, 0.2) is 0 Å². The second-order valence-electron chi connectivity index (χ2n) is 5.56. The van der Waals surface area contributed by atoms with Crippen molar-refractivity contribution in [3.8, 4) is 0 Å². The standard InChI is InChI=1S/C15H22N4O2/c1-11(20)17-14-10-12(4-7-16-14)15(21)19(3)13-5-8-18(2)9-6-13/h4,7,10,13H,5-6,8-9H2,1-3H3,(H,16,17,20). The summed E-state index contributed by atoms with van der Waals surface area (Å²) in [7, 11) is 3.94. The Balaban J connectivity index is 2.06. The first-order valence-corrected chi connectivity index (χ1v) is 7.16. The maximum atomic E-state index is 12.5. The van der Waals surface area contributed by atoms with E-state index in [0.29, 0.717) is 11.4 Å². The molecule has 1 aromatic heterocycles. The molecule has 2 heterocycles. The number of aromatic nitrogens is 1. The molecule has 1 aliphatic heterocycles. The first-order chi connectivity index (χ1) is 9.97. The van der Waals surface area contributed by atoms with Crippen molar-refractivity contribution in [1.82, 2.24) is 14.8 Å². The van der Waals surface area contributed by atoms with Crippen LogP contribution in [-0.2, 0) is 4.79 Å². The summed E-state index contributed by atoms with van der Waals surface area (Å²) in [5.41, 5.74) is 0.551. The summed E-state index contributed by atoms with van der Waals surface area (Å²) in [6.07, 6.45) is 3.52. The highest BCUT2D eigenvalue weighted by Gasteiger charge is 2.24. The fraction of sp³-hybridized carbons (Fsp3) is 0.533. The fourth-order valence-corrected chi connectivity index (χ4v) is 2.56. The molecule has 2 amide bonds. The number of likely N-dealkylation sites (tertiary alicyclic amines) is 1. The van der Waals surface area contributed by atoms with Gasteiger partial charge in [-0.25, -0.2) is 4.98 Å². The molecule has 1 saturated heterocycles. The number of anilines is 1. The summed E-state index contributed by atoms with van der Waals surface area (Å²) in [5.74, 6) is 0.180. The Hall–Kier alpha value is -1.95. The van der Waals surface area contributed by atoms with Crippen LogP contribution in [0.25, 0.3) is 0 Å². The third-order valence-electron chi connectivity index (χ3n) is 3.87. The van der Waals surface area contributed by atoms with Crippen LogP contribution in [0.5, 0.6) is 0 Å². The predicted molar refractivity (Wildman–Crippen MR) is 81.2 cm³/mol. The van der Waals surface area contributed by atoms with Crippen molar-refractivity contribution in [2.75, 3.05) is 32.5 Å². The molecule has 0 radical (unpaired) electrons. The van der Waals surface area contributed by atoms with Gasteiger partial charge in [0.25, 0.3) is 5.91 Å². The zero-order chi connectivity index (χ0) is 15.4. The van der Waals surface area contributed by atoms with Crippen molar-refractivity contribution in [2.24, 2.45) is 0 Å². The second-order valence-corrected chi connectivity index (χ2v) is 5.56. The van der Waals surface area contributed by atoms with Gasteiger partial charge in [-0.2, -0.15) is 0 Å². The number of rotatable bonds is 3. The minimum absolute atomic E-state index is 0.0291. The average molecular weight is 290 g/mol. The lowest BCUT2D eigenvalue weighted by Crippen LogP contribution is -2.44. The van der Waals surface area contributed by atoms with Gasteiger partial charge in [0.2, 0.25) is 5.91 Å². The quantitative estimate of drug-likeness (QED) is 0.908. The van der Waals surface area contributed by atoms with Gasteiger partial charge in [-0.1, -0.05) is 0 Å². The molecule has 6 heteroatoms. The molecule has 2 rings (SSSR count). The van der Waals surface area contributed by atoms with Gasteiger partial charge in [0.05, 0.1) is 0 Å². The van der Waals surface area contributed by atoms with Gasteiger partial charge in [0.1, 0.15) is 5.82 Å². The minimum atomic E-state index is -0.198. The van der Waals surface area contributed by atoms with Crippen LogP contribution in [0.1, 0.15) is 30.1 Å². The SMILES string of the molecule is CC(=O)Nc1cc(C(=O)N(C)C2CCN(C)CC2)ccn1. The zero-order valence-electron chi connectivity index (χ0n) is 12.8. The molecular weight excluding hydrogens is 268 g/mol. The number of hydrogen-bond acceptors (Lipinski definition) is 4. The van der Waals surface area contributed by atoms with Crippen LogP contribution in [0.15, 0.2) is 18.3 Å². The van der Waals surface area contributed by atoms with Gasteiger partial charge < -0.3 is 15.1 Å². The molecule has 1 N–H and O–H groups in total. The molecule has 0 aromatic carbocycles. The zero-order valence-corrected chi connectivity index (χ0v) is 12.8. The first-order valence-electron chi connectivity index (χ1n) is 7.16. The highest BCUT2D eigenvalue weighted by Crippen LogP contribution is 2.17. The Morgan fingerprint density at radius 2 is 2.05 bits per heavy atom. The van der Waals surface area contributed by atoms with E-state index in [1.165, 1.54) is 6.92 Å². The van der Waals surface area contributed by atoms with Crippen LogP contribution < -0.4 is 5.32 Å². The van der Waals surface area contributed by atoms with Gasteiger partial charge >= 0.3 is 0 Å². The summed E-state index contributed by atoms with van der Waals surface area (Å²) in [4.78, 5) is 31.7. The third-order valence-corrected chi connectivity index (χ3v) is 3.87. The number of nitrogens with zero attached hydrogens (tertiary/aromatic N) is 3. The first kappa shape index (κ1) is 15.4. The summed E-state index contributed by atoms with van der Waals surface area (Å²) < 4.78 is 0. The topological polar surface area (TPSA) is 65.5 Å². The normalized spacial score (nSPS) is 16.5. The van der Waals surface area contributed by atoms with E-state index < -0.39 is 0 Å². The van der Waals surface area contributed by atoms with Gasteiger partial charge in [-0.15, -0.1) is 0 Å². The molecule has 0 aliphatic carbocycles. The molecule has 0 atom stereocenters. The third kappa shape index (κ3) is 4.01. The summed E-state index contributed by atoms with van der Waals surface area (Å²) >= 11 is 0. The van der Waals surface area contributed by atoms with Crippen molar-refractivity contribution < 1.29 is 9.59 Å². The Kier molecular flexibility index (Phi) is 4.90. The van der Waals surface area contributed by atoms with Crippen molar-refractivity contribution in [3.05, 3.63) is 23.9 Å². The van der Waals surface area contributed by atoms with E-state index in [0.717, 1.165) is 25.9 Å². The molecule has 6 nitrogen and oxygen atoms in total. The number of nitrogens with one attached hydrogen (secondary N) is 1. The van der Waals surface area contributed by atoms with Crippen molar-refractivity contribution in [2.45, 2.75) is 25.8 Å². The Morgan fingerprint density at radius 1 is 1.38 bits per heavy atom. The second kappa shape index (κ2) is 6.67. The van der Waals surface area contributed by atoms with Crippen LogP contribution >= 0.6 is 0 Å². The molecule has 0 saturated carbocycles.